The van der Waals surface area contributed by atoms with Crippen LogP contribution in [0.1, 0.15) is 27.2 Å². The maximum atomic E-state index is 12.8. The van der Waals surface area contributed by atoms with E-state index < -0.39 is 27.8 Å². The van der Waals surface area contributed by atoms with Crippen LogP contribution in [0.15, 0.2) is 27.7 Å². The molecule has 1 aliphatic heterocycles. The Hall–Kier alpha value is -2.56. The van der Waals surface area contributed by atoms with Crippen LogP contribution in [-0.4, -0.2) is 55.6 Å². The third kappa shape index (κ3) is 5.03. The van der Waals surface area contributed by atoms with Crippen molar-refractivity contribution in [2.75, 3.05) is 12.8 Å². The van der Waals surface area contributed by atoms with Crippen LogP contribution in [0.2, 0.25) is 10.0 Å². The lowest BCUT2D eigenvalue weighted by atomic mass is 9.96. The molecule has 3 rings (SSSR count). The second kappa shape index (κ2) is 8.89. The van der Waals surface area contributed by atoms with Gasteiger partial charge in [0.1, 0.15) is 11.8 Å². The summed E-state index contributed by atoms with van der Waals surface area (Å²) < 4.78 is 28.2. The van der Waals surface area contributed by atoms with E-state index in [1.165, 1.54) is 18.2 Å². The van der Waals surface area contributed by atoms with Gasteiger partial charge in [0, 0.05) is 25.8 Å². The van der Waals surface area contributed by atoms with Gasteiger partial charge in [-0.25, -0.2) is 13.2 Å². The number of rotatable bonds is 7. The first-order chi connectivity index (χ1) is 14.5. The third-order valence-corrected chi connectivity index (χ3v) is 6.49. The van der Waals surface area contributed by atoms with Crippen LogP contribution in [0.25, 0.3) is 0 Å². The van der Waals surface area contributed by atoms with Gasteiger partial charge in [-0.3, -0.25) is 9.59 Å². The SMILES string of the molecule is CS(=O)(=O)c1ccc(CC(NC(=O)c2c(Cl)cc3c(c2Cl)CCN(C=O)C3)C(=O)O)o1. The van der Waals surface area contributed by atoms with Gasteiger partial charge < -0.3 is 19.7 Å². The van der Waals surface area contributed by atoms with Gasteiger partial charge in [0.2, 0.25) is 21.3 Å². The number of carbonyl (C=O) groups is 3. The summed E-state index contributed by atoms with van der Waals surface area (Å²) in [4.78, 5) is 37.0. The van der Waals surface area contributed by atoms with Crippen LogP contribution in [0.4, 0.5) is 0 Å². The maximum Gasteiger partial charge on any atom is 0.326 e. The molecule has 2 amide bonds. The Morgan fingerprint density at radius 3 is 2.65 bits per heavy atom. The van der Waals surface area contributed by atoms with Crippen molar-refractivity contribution in [3.8, 4) is 0 Å². The van der Waals surface area contributed by atoms with Gasteiger partial charge in [-0.05, 0) is 35.7 Å². The lowest BCUT2D eigenvalue weighted by Gasteiger charge is -2.27. The van der Waals surface area contributed by atoms with Gasteiger partial charge in [-0.2, -0.15) is 0 Å². The lowest BCUT2D eigenvalue weighted by Crippen LogP contribution is -2.42. The van der Waals surface area contributed by atoms with E-state index in [9.17, 15) is 27.9 Å². The molecule has 12 heteroatoms. The number of carboxylic acid groups (broad SMARTS) is 1. The third-order valence-electron chi connectivity index (χ3n) is 4.82. The number of nitrogens with zero attached hydrogens (tertiary/aromatic N) is 1. The minimum Gasteiger partial charge on any atom is -0.480 e. The van der Waals surface area contributed by atoms with Gasteiger partial charge >= 0.3 is 5.97 Å². The topological polar surface area (TPSA) is 134 Å². The fourth-order valence-electron chi connectivity index (χ4n) is 3.27. The number of amides is 2. The molecule has 0 bridgehead atoms. The highest BCUT2D eigenvalue weighted by atomic mass is 35.5. The number of hydrogen-bond acceptors (Lipinski definition) is 6. The number of nitrogens with one attached hydrogen (secondary N) is 1. The normalized spacial score (nSPS) is 14.6. The zero-order chi connectivity index (χ0) is 22.9. The van der Waals surface area contributed by atoms with E-state index >= 15 is 0 Å². The number of furan rings is 1. The Morgan fingerprint density at radius 2 is 2.06 bits per heavy atom. The number of carbonyl (C=O) groups excluding carboxylic acids is 2. The fourth-order valence-corrected chi connectivity index (χ4v) is 4.61. The molecule has 1 aliphatic rings. The molecule has 0 saturated heterocycles. The monoisotopic (exact) mass is 488 g/mol. The Balaban J connectivity index is 1.84. The molecule has 1 aromatic carbocycles. The second-order valence-electron chi connectivity index (χ2n) is 7.07. The van der Waals surface area contributed by atoms with Crippen LogP contribution in [-0.2, 0) is 38.8 Å². The largest absolute Gasteiger partial charge is 0.480 e. The molecule has 31 heavy (non-hydrogen) atoms. The average Bonchev–Trinajstić information content (AvgIpc) is 3.16. The molecule has 1 aromatic heterocycles. The fraction of sp³-hybridized carbons (Fsp3) is 0.316. The van der Waals surface area contributed by atoms with Crippen molar-refractivity contribution >= 4 is 51.3 Å². The summed E-state index contributed by atoms with van der Waals surface area (Å²) in [6.07, 6.45) is 1.81. The zero-order valence-electron chi connectivity index (χ0n) is 16.2. The van der Waals surface area contributed by atoms with Gasteiger partial charge in [0.15, 0.2) is 0 Å². The van der Waals surface area contributed by atoms with Gasteiger partial charge in [0.25, 0.3) is 5.91 Å². The Labute approximate surface area is 187 Å². The van der Waals surface area contributed by atoms with Crippen molar-refractivity contribution in [1.82, 2.24) is 10.2 Å². The molecule has 2 heterocycles. The number of fused-ring (bicyclic) bond motifs is 1. The molecular formula is C19H18Cl2N2O7S. The number of aliphatic carboxylic acids is 1. The van der Waals surface area contributed by atoms with Gasteiger partial charge in [0.05, 0.1) is 15.6 Å². The number of sulfone groups is 1. The Kier molecular flexibility index (Phi) is 6.63. The highest BCUT2D eigenvalue weighted by Gasteiger charge is 2.28. The number of hydrogen-bond donors (Lipinski definition) is 2. The standard InChI is InChI=1S/C19H18Cl2N2O7S/c1-31(28,29)15-3-2-11(30-15)7-14(19(26)27)22-18(25)16-13(20)6-10-8-23(9-24)5-4-12(10)17(16)21/h2-3,6,9,14H,4-5,7-8H2,1H3,(H,22,25)(H,26,27). The van der Waals surface area contributed by atoms with E-state index in [-0.39, 0.29) is 32.9 Å². The van der Waals surface area contributed by atoms with E-state index in [1.807, 2.05) is 0 Å². The Bertz CT molecular complexity index is 1160. The van der Waals surface area contributed by atoms with Gasteiger partial charge in [-0.1, -0.05) is 23.2 Å². The van der Waals surface area contributed by atoms with E-state index in [0.29, 0.717) is 37.0 Å². The molecule has 166 valence electrons. The summed E-state index contributed by atoms with van der Waals surface area (Å²) in [7, 11) is -3.59. The molecule has 0 radical (unpaired) electrons. The molecule has 0 fully saturated rings. The van der Waals surface area contributed by atoms with Crippen LogP contribution in [0, 0.1) is 0 Å². The first-order valence-corrected chi connectivity index (χ1v) is 11.7. The molecular weight excluding hydrogens is 471 g/mol. The lowest BCUT2D eigenvalue weighted by molar-refractivity contribution is -0.139. The van der Waals surface area contributed by atoms with E-state index in [4.69, 9.17) is 27.6 Å². The first kappa shape index (κ1) is 23.1. The number of halogens is 2. The minimum atomic E-state index is -3.59. The van der Waals surface area contributed by atoms with Crippen LogP contribution in [0.3, 0.4) is 0 Å². The molecule has 9 nitrogen and oxygen atoms in total. The van der Waals surface area contributed by atoms with Crippen molar-refractivity contribution in [1.29, 1.82) is 0 Å². The predicted octanol–water partition coefficient (Wildman–Crippen LogP) is 1.93. The van der Waals surface area contributed by atoms with Crippen LogP contribution in [0.5, 0.6) is 0 Å². The molecule has 1 atom stereocenters. The Morgan fingerprint density at radius 1 is 1.35 bits per heavy atom. The second-order valence-corrected chi connectivity index (χ2v) is 9.80. The summed E-state index contributed by atoms with van der Waals surface area (Å²) >= 11 is 12.7. The highest BCUT2D eigenvalue weighted by molar-refractivity contribution is 7.90. The molecule has 2 N–H and O–H groups in total. The molecule has 0 aliphatic carbocycles. The highest BCUT2D eigenvalue weighted by Crippen LogP contribution is 2.34. The van der Waals surface area contributed by atoms with Crippen molar-refractivity contribution in [2.24, 2.45) is 0 Å². The average molecular weight is 489 g/mol. The zero-order valence-corrected chi connectivity index (χ0v) is 18.6. The summed E-state index contributed by atoms with van der Waals surface area (Å²) in [5, 5.41) is 11.7. The van der Waals surface area contributed by atoms with Gasteiger partial charge in [-0.15, -0.1) is 0 Å². The first-order valence-electron chi connectivity index (χ1n) is 9.02. The molecule has 2 aromatic rings. The molecule has 0 saturated carbocycles. The summed E-state index contributed by atoms with van der Waals surface area (Å²) in [5.41, 5.74) is 1.32. The van der Waals surface area contributed by atoms with E-state index in [1.54, 1.807) is 4.90 Å². The smallest absolute Gasteiger partial charge is 0.326 e. The van der Waals surface area contributed by atoms with E-state index in [0.717, 1.165) is 6.26 Å². The van der Waals surface area contributed by atoms with Crippen molar-refractivity contribution in [3.05, 3.63) is 50.7 Å². The molecule has 1 unspecified atom stereocenters. The number of carboxylic acids is 1. The van der Waals surface area contributed by atoms with Crippen molar-refractivity contribution < 1.29 is 32.3 Å². The van der Waals surface area contributed by atoms with E-state index in [2.05, 4.69) is 5.32 Å². The van der Waals surface area contributed by atoms with Crippen molar-refractivity contribution in [3.63, 3.8) is 0 Å². The summed E-state index contributed by atoms with van der Waals surface area (Å²) in [6, 6.07) is 2.66. The van der Waals surface area contributed by atoms with Crippen LogP contribution >= 0.6 is 23.2 Å². The predicted molar refractivity (Wildman–Crippen MR) is 111 cm³/mol. The quantitative estimate of drug-likeness (QED) is 0.568. The maximum absolute atomic E-state index is 12.8. The minimum absolute atomic E-state index is 0.0236. The number of benzene rings is 1. The van der Waals surface area contributed by atoms with Crippen molar-refractivity contribution in [2.45, 2.75) is 30.5 Å². The summed E-state index contributed by atoms with van der Waals surface area (Å²) in [5.74, 6) is -2.07. The van der Waals surface area contributed by atoms with Crippen LogP contribution < -0.4 is 5.32 Å². The summed E-state index contributed by atoms with van der Waals surface area (Å²) in [6.45, 7) is 0.733. The molecule has 0 spiro atoms.